The first-order valence-electron chi connectivity index (χ1n) is 6.93. The van der Waals surface area contributed by atoms with E-state index in [2.05, 4.69) is 10.3 Å². The van der Waals surface area contributed by atoms with Crippen LogP contribution in [0.3, 0.4) is 0 Å². The molecule has 0 radical (unpaired) electrons. The number of rotatable bonds is 3. The first kappa shape index (κ1) is 10.4. The van der Waals surface area contributed by atoms with Crippen molar-refractivity contribution in [1.29, 1.82) is 0 Å². The molecule has 3 aliphatic carbocycles. The first-order valence-corrected chi connectivity index (χ1v) is 6.93. The lowest BCUT2D eigenvalue weighted by atomic mass is 9.96. The SMILES string of the molecule is NC(=N[C@@H]1C[C@H]1C1CC1)NC1CCCCC1. The lowest BCUT2D eigenvalue weighted by Crippen LogP contribution is -2.41. The molecule has 3 fully saturated rings. The van der Waals surface area contributed by atoms with Crippen molar-refractivity contribution < 1.29 is 0 Å². The number of guanidine groups is 1. The van der Waals surface area contributed by atoms with Gasteiger partial charge >= 0.3 is 0 Å². The van der Waals surface area contributed by atoms with Gasteiger partial charge in [-0.15, -0.1) is 0 Å². The largest absolute Gasteiger partial charge is 0.370 e. The summed E-state index contributed by atoms with van der Waals surface area (Å²) in [5.74, 6) is 2.59. The van der Waals surface area contributed by atoms with Gasteiger partial charge in [0.15, 0.2) is 5.96 Å². The Balaban J connectivity index is 1.45. The van der Waals surface area contributed by atoms with Crippen molar-refractivity contribution in [3.8, 4) is 0 Å². The van der Waals surface area contributed by atoms with Gasteiger partial charge in [0.2, 0.25) is 0 Å². The van der Waals surface area contributed by atoms with Gasteiger partial charge in [-0.05, 0) is 43.9 Å². The molecule has 0 bridgehead atoms. The first-order chi connectivity index (χ1) is 7.83. The number of hydrogen-bond acceptors (Lipinski definition) is 1. The zero-order chi connectivity index (χ0) is 11.0. The van der Waals surface area contributed by atoms with Crippen LogP contribution in [-0.4, -0.2) is 18.0 Å². The molecule has 0 saturated heterocycles. The van der Waals surface area contributed by atoms with E-state index in [1.165, 1.54) is 51.4 Å². The summed E-state index contributed by atoms with van der Waals surface area (Å²) < 4.78 is 0. The topological polar surface area (TPSA) is 50.4 Å². The van der Waals surface area contributed by atoms with Gasteiger partial charge in [0.25, 0.3) is 0 Å². The van der Waals surface area contributed by atoms with Crippen LogP contribution in [0.1, 0.15) is 51.4 Å². The van der Waals surface area contributed by atoms with Gasteiger partial charge < -0.3 is 11.1 Å². The van der Waals surface area contributed by atoms with E-state index in [1.807, 2.05) is 0 Å². The summed E-state index contributed by atoms with van der Waals surface area (Å²) in [6.45, 7) is 0. The highest BCUT2D eigenvalue weighted by molar-refractivity contribution is 5.78. The Morgan fingerprint density at radius 2 is 1.81 bits per heavy atom. The summed E-state index contributed by atoms with van der Waals surface area (Å²) in [5.41, 5.74) is 5.97. The molecular weight excluding hydrogens is 198 g/mol. The van der Waals surface area contributed by atoms with Crippen LogP contribution in [0.15, 0.2) is 4.99 Å². The van der Waals surface area contributed by atoms with Crippen molar-refractivity contribution in [1.82, 2.24) is 5.32 Å². The summed E-state index contributed by atoms with van der Waals surface area (Å²) in [4.78, 5) is 4.61. The molecule has 3 nitrogen and oxygen atoms in total. The van der Waals surface area contributed by atoms with Gasteiger partial charge in [-0.1, -0.05) is 19.3 Å². The van der Waals surface area contributed by atoms with E-state index < -0.39 is 0 Å². The molecule has 3 aliphatic rings. The number of nitrogens with two attached hydrogens (primary N) is 1. The summed E-state index contributed by atoms with van der Waals surface area (Å²) >= 11 is 0. The molecule has 90 valence electrons. The molecule has 3 saturated carbocycles. The molecule has 3 N–H and O–H groups in total. The van der Waals surface area contributed by atoms with Gasteiger partial charge in [-0.3, -0.25) is 0 Å². The smallest absolute Gasteiger partial charge is 0.189 e. The van der Waals surface area contributed by atoms with E-state index in [9.17, 15) is 0 Å². The minimum atomic E-state index is 0.559. The average Bonchev–Trinajstić information content (AvgIpc) is 3.12. The molecule has 0 aliphatic heterocycles. The highest BCUT2D eigenvalue weighted by Crippen LogP contribution is 2.51. The summed E-state index contributed by atoms with van der Waals surface area (Å²) in [7, 11) is 0. The fourth-order valence-electron chi connectivity index (χ4n) is 3.05. The van der Waals surface area contributed by atoms with Crippen molar-refractivity contribution in [3.05, 3.63) is 0 Å². The van der Waals surface area contributed by atoms with Crippen LogP contribution in [0, 0.1) is 11.8 Å². The van der Waals surface area contributed by atoms with Crippen LogP contribution in [0.4, 0.5) is 0 Å². The van der Waals surface area contributed by atoms with E-state index in [0.717, 1.165) is 11.8 Å². The minimum absolute atomic E-state index is 0.559. The van der Waals surface area contributed by atoms with Gasteiger partial charge in [-0.25, -0.2) is 4.99 Å². The van der Waals surface area contributed by atoms with Crippen LogP contribution < -0.4 is 11.1 Å². The standard InChI is InChI=1S/C13H23N3/c14-13(15-10-4-2-1-3-5-10)16-12-8-11(12)9-6-7-9/h9-12H,1-8H2,(H3,14,15,16)/t11-,12+/m0/s1. The Bertz CT molecular complexity index is 277. The maximum absolute atomic E-state index is 5.97. The number of hydrogen-bond donors (Lipinski definition) is 2. The Hall–Kier alpha value is -0.730. The fraction of sp³-hybridized carbons (Fsp3) is 0.923. The molecular formula is C13H23N3. The van der Waals surface area contributed by atoms with Crippen molar-refractivity contribution in [2.45, 2.75) is 63.5 Å². The molecule has 0 aromatic carbocycles. The van der Waals surface area contributed by atoms with Crippen LogP contribution in [0.5, 0.6) is 0 Å². The van der Waals surface area contributed by atoms with Gasteiger partial charge in [0, 0.05) is 6.04 Å². The molecule has 3 rings (SSSR count). The Morgan fingerprint density at radius 3 is 2.50 bits per heavy atom. The van der Waals surface area contributed by atoms with Crippen molar-refractivity contribution in [3.63, 3.8) is 0 Å². The van der Waals surface area contributed by atoms with Crippen LogP contribution in [-0.2, 0) is 0 Å². The molecule has 0 amide bonds. The van der Waals surface area contributed by atoms with Crippen LogP contribution in [0.25, 0.3) is 0 Å². The summed E-state index contributed by atoms with van der Waals surface area (Å²) in [6, 6.07) is 1.15. The average molecular weight is 221 g/mol. The van der Waals surface area contributed by atoms with Gasteiger partial charge in [-0.2, -0.15) is 0 Å². The Kier molecular flexibility index (Phi) is 2.78. The monoisotopic (exact) mass is 221 g/mol. The summed E-state index contributed by atoms with van der Waals surface area (Å²) in [5, 5.41) is 3.40. The van der Waals surface area contributed by atoms with E-state index in [0.29, 0.717) is 18.0 Å². The zero-order valence-electron chi connectivity index (χ0n) is 9.99. The van der Waals surface area contributed by atoms with E-state index in [-0.39, 0.29) is 0 Å². The molecule has 0 spiro atoms. The highest BCUT2D eigenvalue weighted by atomic mass is 15.1. The van der Waals surface area contributed by atoms with Crippen molar-refractivity contribution in [2.75, 3.05) is 0 Å². The second-order valence-corrected chi connectivity index (χ2v) is 5.80. The zero-order valence-corrected chi connectivity index (χ0v) is 9.99. The minimum Gasteiger partial charge on any atom is -0.370 e. The third-order valence-corrected chi connectivity index (χ3v) is 4.29. The van der Waals surface area contributed by atoms with Gasteiger partial charge in [0.1, 0.15) is 0 Å². The molecule has 2 atom stereocenters. The maximum atomic E-state index is 5.97. The normalized spacial score (nSPS) is 36.1. The number of nitrogens with one attached hydrogen (secondary N) is 1. The molecule has 3 heteroatoms. The lowest BCUT2D eigenvalue weighted by molar-refractivity contribution is 0.412. The van der Waals surface area contributed by atoms with Crippen molar-refractivity contribution >= 4 is 5.96 Å². The molecule has 0 unspecified atom stereocenters. The van der Waals surface area contributed by atoms with E-state index in [4.69, 9.17) is 5.73 Å². The van der Waals surface area contributed by atoms with Crippen molar-refractivity contribution in [2.24, 2.45) is 22.6 Å². The number of nitrogens with zero attached hydrogens (tertiary/aromatic N) is 1. The Morgan fingerprint density at radius 1 is 1.06 bits per heavy atom. The predicted octanol–water partition coefficient (Wildman–Crippen LogP) is 2.02. The Labute approximate surface area is 97.9 Å². The van der Waals surface area contributed by atoms with E-state index in [1.54, 1.807) is 0 Å². The molecule has 0 aromatic heterocycles. The van der Waals surface area contributed by atoms with E-state index >= 15 is 0 Å². The maximum Gasteiger partial charge on any atom is 0.189 e. The predicted molar refractivity (Wildman–Crippen MR) is 66.3 cm³/mol. The van der Waals surface area contributed by atoms with Gasteiger partial charge in [0.05, 0.1) is 6.04 Å². The number of aliphatic imine (C=N–C) groups is 1. The quantitative estimate of drug-likeness (QED) is 0.566. The third-order valence-electron chi connectivity index (χ3n) is 4.29. The highest BCUT2D eigenvalue weighted by Gasteiger charge is 2.47. The van der Waals surface area contributed by atoms with Crippen LogP contribution >= 0.6 is 0 Å². The molecule has 16 heavy (non-hydrogen) atoms. The van der Waals surface area contributed by atoms with Crippen LogP contribution in [0.2, 0.25) is 0 Å². The summed E-state index contributed by atoms with van der Waals surface area (Å²) in [6.07, 6.45) is 10.8. The third kappa shape index (κ3) is 2.50. The fourth-order valence-corrected chi connectivity index (χ4v) is 3.05. The molecule has 0 aromatic rings. The lowest BCUT2D eigenvalue weighted by Gasteiger charge is -2.23. The second-order valence-electron chi connectivity index (χ2n) is 5.80. The second kappa shape index (κ2) is 4.27. The molecule has 0 heterocycles.